The van der Waals surface area contributed by atoms with Gasteiger partial charge in [-0.2, -0.15) is 0 Å². The van der Waals surface area contributed by atoms with Crippen molar-refractivity contribution in [2.75, 3.05) is 6.61 Å². The minimum Gasteiger partial charge on any atom is -0.359 e. The van der Waals surface area contributed by atoms with Crippen LogP contribution >= 0.6 is 0 Å². The molecule has 0 radical (unpaired) electrons. The monoisotopic (exact) mass is 245 g/mol. The second-order valence-electron chi connectivity index (χ2n) is 6.05. The maximum absolute atomic E-state index is 6.40. The largest absolute Gasteiger partial charge is 0.359 e. The normalized spacial score (nSPS) is 46.6. The molecule has 3 heteroatoms. The Morgan fingerprint density at radius 3 is 2.61 bits per heavy atom. The van der Waals surface area contributed by atoms with Gasteiger partial charge in [-0.3, -0.25) is 0 Å². The van der Waals surface area contributed by atoms with Gasteiger partial charge in [0.05, 0.1) is 12.6 Å². The molecule has 18 heavy (non-hydrogen) atoms. The van der Waals surface area contributed by atoms with Crippen molar-refractivity contribution in [3.8, 4) is 0 Å². The van der Waals surface area contributed by atoms with Gasteiger partial charge in [-0.05, 0) is 32.3 Å². The van der Waals surface area contributed by atoms with Gasteiger partial charge >= 0.3 is 0 Å². The van der Waals surface area contributed by atoms with Crippen LogP contribution in [0.4, 0.5) is 0 Å². The summed E-state index contributed by atoms with van der Waals surface area (Å²) in [5.74, 6) is 0. The quantitative estimate of drug-likeness (QED) is 0.759. The van der Waals surface area contributed by atoms with E-state index in [9.17, 15) is 0 Å². The van der Waals surface area contributed by atoms with Crippen molar-refractivity contribution in [3.63, 3.8) is 0 Å². The second kappa shape index (κ2) is 3.35. The van der Waals surface area contributed by atoms with Gasteiger partial charge in [0.1, 0.15) is 17.6 Å². The molecule has 0 amide bonds. The van der Waals surface area contributed by atoms with E-state index < -0.39 is 0 Å². The molecule has 3 aliphatic rings. The third-order valence-electron chi connectivity index (χ3n) is 4.83. The van der Waals surface area contributed by atoms with Gasteiger partial charge in [-0.15, -0.1) is 0 Å². The molecule has 3 saturated heterocycles. The van der Waals surface area contributed by atoms with Crippen LogP contribution in [0.2, 0.25) is 0 Å². The Morgan fingerprint density at radius 2 is 1.83 bits per heavy atom. The van der Waals surface area contributed by atoms with Crippen LogP contribution in [0.3, 0.4) is 0 Å². The molecule has 0 aromatic heterocycles. The summed E-state index contributed by atoms with van der Waals surface area (Å²) in [6, 6.07) is 10.9. The van der Waals surface area contributed by atoms with Crippen molar-refractivity contribution in [1.82, 2.24) is 4.90 Å². The van der Waals surface area contributed by atoms with Gasteiger partial charge in [0.15, 0.2) is 0 Å². The Hall–Kier alpha value is -0.900. The van der Waals surface area contributed by atoms with E-state index in [4.69, 9.17) is 9.47 Å². The van der Waals surface area contributed by atoms with E-state index in [2.05, 4.69) is 49.1 Å². The number of hydrogen-bond acceptors (Lipinski definition) is 3. The lowest BCUT2D eigenvalue weighted by Crippen LogP contribution is -2.47. The molecular formula is C15H19NO2. The lowest BCUT2D eigenvalue weighted by Gasteiger charge is -2.32. The zero-order valence-electron chi connectivity index (χ0n) is 10.9. The fraction of sp³-hybridized carbons (Fsp3) is 0.600. The number of benzene rings is 1. The van der Waals surface area contributed by atoms with E-state index in [1.165, 1.54) is 5.56 Å². The van der Waals surface area contributed by atoms with Crippen LogP contribution in [-0.4, -0.2) is 29.0 Å². The van der Waals surface area contributed by atoms with E-state index in [0.717, 1.165) is 19.4 Å². The first-order valence-electron chi connectivity index (χ1n) is 6.79. The second-order valence-corrected chi connectivity index (χ2v) is 6.05. The molecule has 0 bridgehead atoms. The first-order valence-corrected chi connectivity index (χ1v) is 6.79. The van der Waals surface area contributed by atoms with Gasteiger partial charge in [0, 0.05) is 0 Å². The predicted octanol–water partition coefficient (Wildman–Crippen LogP) is 2.68. The van der Waals surface area contributed by atoms with Gasteiger partial charge in [0.25, 0.3) is 0 Å². The zero-order valence-corrected chi connectivity index (χ0v) is 10.9. The Balaban J connectivity index is 1.75. The average Bonchev–Trinajstić information content (AvgIpc) is 2.96. The summed E-state index contributed by atoms with van der Waals surface area (Å²) in [7, 11) is 0. The molecule has 1 aromatic rings. The van der Waals surface area contributed by atoms with E-state index in [0.29, 0.717) is 6.04 Å². The first kappa shape index (κ1) is 11.0. The Kier molecular flexibility index (Phi) is 2.04. The predicted molar refractivity (Wildman–Crippen MR) is 67.9 cm³/mol. The van der Waals surface area contributed by atoms with Crippen molar-refractivity contribution in [2.24, 2.45) is 0 Å². The summed E-state index contributed by atoms with van der Waals surface area (Å²) in [6.45, 7) is 5.20. The van der Waals surface area contributed by atoms with E-state index in [1.807, 2.05) is 0 Å². The summed E-state index contributed by atoms with van der Waals surface area (Å²) in [6.07, 6.45) is 2.28. The average molecular weight is 245 g/mol. The summed E-state index contributed by atoms with van der Waals surface area (Å²) < 4.78 is 12.5. The number of rotatable bonds is 1. The summed E-state index contributed by atoms with van der Waals surface area (Å²) in [4.78, 5) is 2.47. The summed E-state index contributed by atoms with van der Waals surface area (Å²) in [5.41, 5.74) is 1.02. The van der Waals surface area contributed by atoms with Crippen LogP contribution in [0.1, 0.15) is 38.4 Å². The van der Waals surface area contributed by atoms with Crippen LogP contribution in [-0.2, 0) is 9.47 Å². The molecule has 3 nitrogen and oxygen atoms in total. The highest BCUT2D eigenvalue weighted by molar-refractivity contribution is 5.23. The molecule has 3 heterocycles. The molecule has 1 aromatic carbocycles. The molecule has 0 N–H and O–H groups in total. The fourth-order valence-corrected chi connectivity index (χ4v) is 4.01. The van der Waals surface area contributed by atoms with E-state index in [-0.39, 0.29) is 17.6 Å². The maximum Gasteiger partial charge on any atom is 0.122 e. The highest BCUT2D eigenvalue weighted by Gasteiger charge is 2.65. The summed E-state index contributed by atoms with van der Waals surface area (Å²) in [5, 5.41) is 0. The van der Waals surface area contributed by atoms with Crippen LogP contribution in [0, 0.1) is 0 Å². The van der Waals surface area contributed by atoms with E-state index in [1.54, 1.807) is 0 Å². The van der Waals surface area contributed by atoms with Crippen LogP contribution in [0.25, 0.3) is 0 Å². The molecule has 2 unspecified atom stereocenters. The number of hydrogen-bond donors (Lipinski definition) is 0. The third-order valence-corrected chi connectivity index (χ3v) is 4.83. The SMILES string of the molecule is CC12CCC3(C)O[C@H](c4ccccc4)[C@H](CO1)N23. The summed E-state index contributed by atoms with van der Waals surface area (Å²) >= 11 is 0. The molecule has 0 saturated carbocycles. The lowest BCUT2D eigenvalue weighted by molar-refractivity contribution is -0.134. The maximum atomic E-state index is 6.40. The van der Waals surface area contributed by atoms with Crippen LogP contribution in [0.5, 0.6) is 0 Å². The molecule has 96 valence electrons. The molecular weight excluding hydrogens is 226 g/mol. The Labute approximate surface area is 108 Å². The molecule has 4 rings (SSSR count). The molecule has 3 aliphatic heterocycles. The van der Waals surface area contributed by atoms with Gasteiger partial charge in [-0.1, -0.05) is 30.3 Å². The first-order chi connectivity index (χ1) is 8.62. The Morgan fingerprint density at radius 1 is 1.11 bits per heavy atom. The minimum absolute atomic E-state index is 0.108. The molecule has 3 fully saturated rings. The molecule has 0 spiro atoms. The lowest BCUT2D eigenvalue weighted by atomic mass is 10.0. The van der Waals surface area contributed by atoms with Crippen LogP contribution in [0.15, 0.2) is 30.3 Å². The smallest absolute Gasteiger partial charge is 0.122 e. The zero-order chi connectivity index (χ0) is 12.4. The Bertz CT molecular complexity index is 477. The number of ether oxygens (including phenoxy) is 2. The van der Waals surface area contributed by atoms with Gasteiger partial charge < -0.3 is 9.47 Å². The third kappa shape index (κ3) is 1.25. The van der Waals surface area contributed by atoms with Crippen molar-refractivity contribution < 1.29 is 9.47 Å². The van der Waals surface area contributed by atoms with Crippen molar-refractivity contribution in [2.45, 2.75) is 50.3 Å². The number of nitrogens with zero attached hydrogens (tertiary/aromatic N) is 1. The van der Waals surface area contributed by atoms with Crippen molar-refractivity contribution >= 4 is 0 Å². The topological polar surface area (TPSA) is 21.7 Å². The van der Waals surface area contributed by atoms with Gasteiger partial charge in [-0.25, -0.2) is 4.90 Å². The molecule has 0 aliphatic carbocycles. The highest BCUT2D eigenvalue weighted by Crippen LogP contribution is 2.56. The minimum atomic E-state index is -0.142. The van der Waals surface area contributed by atoms with Crippen molar-refractivity contribution in [3.05, 3.63) is 35.9 Å². The highest BCUT2D eigenvalue weighted by atomic mass is 16.6. The molecule has 4 atom stereocenters. The standard InChI is InChI=1S/C15H19NO2/c1-14-8-9-15(2)16(14)12(10-17-14)13(18-15)11-6-4-3-5-7-11/h3-7,12-13H,8-10H2,1-2H3/t12-,13+,14?,15?/m0/s1. The fourth-order valence-electron chi connectivity index (χ4n) is 4.01. The van der Waals surface area contributed by atoms with E-state index >= 15 is 0 Å². The van der Waals surface area contributed by atoms with Gasteiger partial charge in [0.2, 0.25) is 0 Å². The van der Waals surface area contributed by atoms with Crippen molar-refractivity contribution in [1.29, 1.82) is 0 Å². The van der Waals surface area contributed by atoms with Crippen LogP contribution < -0.4 is 0 Å².